The van der Waals surface area contributed by atoms with Crippen molar-refractivity contribution in [3.8, 4) is 12.3 Å². The molecule has 0 aromatic heterocycles. The first-order valence-electron chi connectivity index (χ1n) is 4.78. The zero-order valence-electron chi connectivity index (χ0n) is 7.60. The lowest BCUT2D eigenvalue weighted by Gasteiger charge is -2.22. The van der Waals surface area contributed by atoms with Gasteiger partial charge in [-0.25, -0.2) is 0 Å². The van der Waals surface area contributed by atoms with E-state index in [1.165, 1.54) is 25.9 Å². The molecule has 1 fully saturated rings. The molecule has 1 aliphatic rings. The SMILES string of the molecule is C#CCCNCC1CCCNC1. The van der Waals surface area contributed by atoms with Crippen molar-refractivity contribution >= 4 is 0 Å². The van der Waals surface area contributed by atoms with Crippen LogP contribution in [0.4, 0.5) is 0 Å². The highest BCUT2D eigenvalue weighted by Gasteiger charge is 2.11. The van der Waals surface area contributed by atoms with Crippen LogP contribution in [0, 0.1) is 18.3 Å². The molecule has 0 spiro atoms. The molecule has 0 radical (unpaired) electrons. The first-order chi connectivity index (χ1) is 5.93. The van der Waals surface area contributed by atoms with Crippen LogP contribution in [0.25, 0.3) is 0 Å². The maximum atomic E-state index is 5.15. The van der Waals surface area contributed by atoms with E-state index < -0.39 is 0 Å². The van der Waals surface area contributed by atoms with Crippen molar-refractivity contribution in [3.63, 3.8) is 0 Å². The van der Waals surface area contributed by atoms with Gasteiger partial charge in [0.2, 0.25) is 0 Å². The van der Waals surface area contributed by atoms with E-state index in [1.807, 2.05) is 0 Å². The summed E-state index contributed by atoms with van der Waals surface area (Å²) in [6, 6.07) is 0. The van der Waals surface area contributed by atoms with E-state index in [0.717, 1.165) is 25.4 Å². The lowest BCUT2D eigenvalue weighted by Crippen LogP contribution is -2.36. The second-order valence-corrected chi connectivity index (χ2v) is 3.37. The first kappa shape index (κ1) is 9.57. The Bertz CT molecular complexity index is 142. The molecule has 0 aromatic carbocycles. The van der Waals surface area contributed by atoms with Gasteiger partial charge in [-0.15, -0.1) is 12.3 Å². The van der Waals surface area contributed by atoms with Gasteiger partial charge >= 0.3 is 0 Å². The molecule has 2 N–H and O–H groups in total. The predicted molar refractivity (Wildman–Crippen MR) is 51.9 cm³/mol. The van der Waals surface area contributed by atoms with Gasteiger partial charge in [-0.3, -0.25) is 0 Å². The molecule has 1 saturated heterocycles. The van der Waals surface area contributed by atoms with E-state index in [0.29, 0.717) is 0 Å². The van der Waals surface area contributed by atoms with Gasteiger partial charge in [0.15, 0.2) is 0 Å². The van der Waals surface area contributed by atoms with Gasteiger partial charge in [-0.1, -0.05) is 0 Å². The van der Waals surface area contributed by atoms with Gasteiger partial charge in [-0.2, -0.15) is 0 Å². The van der Waals surface area contributed by atoms with E-state index in [-0.39, 0.29) is 0 Å². The fourth-order valence-electron chi connectivity index (χ4n) is 1.56. The Kier molecular flexibility index (Phi) is 4.82. The highest BCUT2D eigenvalue weighted by molar-refractivity contribution is 4.84. The van der Waals surface area contributed by atoms with E-state index in [4.69, 9.17) is 6.42 Å². The van der Waals surface area contributed by atoms with Gasteiger partial charge in [-0.05, 0) is 38.4 Å². The first-order valence-corrected chi connectivity index (χ1v) is 4.78. The van der Waals surface area contributed by atoms with E-state index in [1.54, 1.807) is 0 Å². The molecule has 12 heavy (non-hydrogen) atoms. The normalized spacial score (nSPS) is 23.4. The Hall–Kier alpha value is -0.520. The summed E-state index contributed by atoms with van der Waals surface area (Å²) in [4.78, 5) is 0. The number of rotatable bonds is 4. The molecule has 1 unspecified atom stereocenters. The summed E-state index contributed by atoms with van der Waals surface area (Å²) < 4.78 is 0. The van der Waals surface area contributed by atoms with Crippen LogP contribution in [-0.2, 0) is 0 Å². The van der Waals surface area contributed by atoms with Crippen LogP contribution >= 0.6 is 0 Å². The average molecular weight is 166 g/mol. The third-order valence-electron chi connectivity index (χ3n) is 2.28. The van der Waals surface area contributed by atoms with Crippen LogP contribution in [0.5, 0.6) is 0 Å². The van der Waals surface area contributed by atoms with Gasteiger partial charge in [0.1, 0.15) is 0 Å². The summed E-state index contributed by atoms with van der Waals surface area (Å²) in [7, 11) is 0. The number of hydrogen-bond acceptors (Lipinski definition) is 2. The van der Waals surface area contributed by atoms with Crippen molar-refractivity contribution < 1.29 is 0 Å². The number of hydrogen-bond donors (Lipinski definition) is 2. The number of terminal acetylenes is 1. The lowest BCUT2D eigenvalue weighted by molar-refractivity contribution is 0.362. The summed E-state index contributed by atoms with van der Waals surface area (Å²) in [5.74, 6) is 3.44. The van der Waals surface area contributed by atoms with Crippen LogP contribution < -0.4 is 10.6 Å². The Morgan fingerprint density at radius 3 is 3.17 bits per heavy atom. The van der Waals surface area contributed by atoms with Crippen molar-refractivity contribution in [3.05, 3.63) is 0 Å². The second-order valence-electron chi connectivity index (χ2n) is 3.37. The van der Waals surface area contributed by atoms with Gasteiger partial charge in [0.25, 0.3) is 0 Å². The van der Waals surface area contributed by atoms with Crippen molar-refractivity contribution in [2.75, 3.05) is 26.2 Å². The van der Waals surface area contributed by atoms with Gasteiger partial charge in [0, 0.05) is 13.0 Å². The average Bonchev–Trinajstić information content (AvgIpc) is 2.14. The van der Waals surface area contributed by atoms with Gasteiger partial charge in [0.05, 0.1) is 0 Å². The molecule has 0 aromatic rings. The van der Waals surface area contributed by atoms with Crippen LogP contribution in [0.3, 0.4) is 0 Å². The quantitative estimate of drug-likeness (QED) is 0.472. The molecule has 68 valence electrons. The van der Waals surface area contributed by atoms with E-state index >= 15 is 0 Å². The minimum absolute atomic E-state index is 0.816. The molecule has 0 bridgehead atoms. The van der Waals surface area contributed by atoms with Gasteiger partial charge < -0.3 is 10.6 Å². The zero-order valence-corrected chi connectivity index (χ0v) is 7.60. The monoisotopic (exact) mass is 166 g/mol. The van der Waals surface area contributed by atoms with Crippen LogP contribution in [0.2, 0.25) is 0 Å². The molecule has 2 nitrogen and oxygen atoms in total. The minimum atomic E-state index is 0.816. The molecular weight excluding hydrogens is 148 g/mol. The van der Waals surface area contributed by atoms with Crippen molar-refractivity contribution in [1.82, 2.24) is 10.6 Å². The maximum absolute atomic E-state index is 5.15. The smallest absolute Gasteiger partial charge is 0.0211 e. The Morgan fingerprint density at radius 1 is 1.58 bits per heavy atom. The van der Waals surface area contributed by atoms with E-state index in [9.17, 15) is 0 Å². The molecule has 1 aliphatic heterocycles. The van der Waals surface area contributed by atoms with Crippen molar-refractivity contribution in [2.24, 2.45) is 5.92 Å². The molecule has 0 amide bonds. The zero-order chi connectivity index (χ0) is 8.65. The molecule has 0 saturated carbocycles. The Morgan fingerprint density at radius 2 is 2.50 bits per heavy atom. The van der Waals surface area contributed by atoms with Crippen molar-refractivity contribution in [2.45, 2.75) is 19.3 Å². The summed E-state index contributed by atoms with van der Waals surface area (Å²) in [5, 5.41) is 6.77. The molecule has 1 rings (SSSR count). The standard InChI is InChI=1S/C10H18N2/c1-2-3-6-11-8-10-5-4-7-12-9-10/h1,10-12H,3-9H2. The minimum Gasteiger partial charge on any atom is -0.316 e. The number of nitrogens with one attached hydrogen (secondary N) is 2. The van der Waals surface area contributed by atoms with E-state index in [2.05, 4.69) is 16.6 Å². The topological polar surface area (TPSA) is 24.1 Å². The fraction of sp³-hybridized carbons (Fsp3) is 0.800. The summed E-state index contributed by atoms with van der Waals surface area (Å²) >= 11 is 0. The Labute approximate surface area is 75.1 Å². The highest BCUT2D eigenvalue weighted by Crippen LogP contribution is 2.07. The lowest BCUT2D eigenvalue weighted by atomic mass is 10.00. The maximum Gasteiger partial charge on any atom is 0.0211 e. The van der Waals surface area contributed by atoms with Crippen LogP contribution in [-0.4, -0.2) is 26.2 Å². The third-order valence-corrected chi connectivity index (χ3v) is 2.28. The molecule has 0 aliphatic carbocycles. The van der Waals surface area contributed by atoms with Crippen LogP contribution in [0.15, 0.2) is 0 Å². The summed E-state index contributed by atoms with van der Waals surface area (Å²) in [6.45, 7) is 4.45. The number of piperidine rings is 1. The summed E-state index contributed by atoms with van der Waals surface area (Å²) in [5.41, 5.74) is 0. The van der Waals surface area contributed by atoms with Crippen molar-refractivity contribution in [1.29, 1.82) is 0 Å². The molecular formula is C10H18N2. The van der Waals surface area contributed by atoms with Crippen LogP contribution in [0.1, 0.15) is 19.3 Å². The third kappa shape index (κ3) is 3.75. The molecule has 1 atom stereocenters. The summed E-state index contributed by atoms with van der Waals surface area (Å²) in [6.07, 6.45) is 8.67. The fourth-order valence-corrected chi connectivity index (χ4v) is 1.56. The molecule has 1 heterocycles. The highest BCUT2D eigenvalue weighted by atomic mass is 14.9. The largest absolute Gasteiger partial charge is 0.316 e. The molecule has 2 heteroatoms. The second kappa shape index (κ2) is 6.05. The predicted octanol–water partition coefficient (Wildman–Crippen LogP) is 0.599. The Balaban J connectivity index is 1.95.